The second kappa shape index (κ2) is 5.72. The molecule has 0 aliphatic heterocycles. The number of carbonyl (C=O) groups is 1. The van der Waals surface area contributed by atoms with Crippen molar-refractivity contribution in [3.05, 3.63) is 65.6 Å². The second-order valence-corrected chi connectivity index (χ2v) is 6.94. The molecule has 0 saturated heterocycles. The average molecular weight is 346 g/mol. The predicted molar refractivity (Wildman–Crippen MR) is 93.8 cm³/mol. The van der Waals surface area contributed by atoms with Crippen molar-refractivity contribution in [1.82, 2.24) is 30.0 Å². The highest BCUT2D eigenvalue weighted by Crippen LogP contribution is 2.57. The Morgan fingerprint density at radius 1 is 1.27 bits per heavy atom. The molecule has 5 rings (SSSR count). The third kappa shape index (κ3) is 2.39. The maximum atomic E-state index is 12.9. The first kappa shape index (κ1) is 15.2. The number of aromatic nitrogens is 5. The van der Waals surface area contributed by atoms with Crippen molar-refractivity contribution in [3.8, 4) is 5.82 Å². The van der Waals surface area contributed by atoms with Gasteiger partial charge in [-0.05, 0) is 37.8 Å². The van der Waals surface area contributed by atoms with Crippen molar-refractivity contribution in [2.75, 3.05) is 0 Å². The summed E-state index contributed by atoms with van der Waals surface area (Å²) in [6.45, 7) is 1.93. The first-order valence-corrected chi connectivity index (χ1v) is 8.82. The van der Waals surface area contributed by atoms with E-state index >= 15 is 0 Å². The van der Waals surface area contributed by atoms with Crippen LogP contribution in [0.5, 0.6) is 0 Å². The Kier molecular flexibility index (Phi) is 3.34. The minimum atomic E-state index is -0.183. The molecule has 26 heavy (non-hydrogen) atoms. The highest BCUT2D eigenvalue weighted by atomic mass is 16.2. The van der Waals surface area contributed by atoms with Gasteiger partial charge in [-0.2, -0.15) is 5.10 Å². The summed E-state index contributed by atoms with van der Waals surface area (Å²) < 4.78 is 1.81. The van der Waals surface area contributed by atoms with Gasteiger partial charge in [-0.15, -0.1) is 0 Å². The van der Waals surface area contributed by atoms with E-state index < -0.39 is 0 Å². The van der Waals surface area contributed by atoms with Crippen LogP contribution in [-0.2, 0) is 6.42 Å². The van der Waals surface area contributed by atoms with Gasteiger partial charge in [0, 0.05) is 30.1 Å². The molecule has 2 aliphatic rings. The lowest BCUT2D eigenvalue weighted by molar-refractivity contribution is 0.0932. The summed E-state index contributed by atoms with van der Waals surface area (Å²) >= 11 is 0. The number of hydrogen-bond acceptors (Lipinski definition) is 5. The van der Waals surface area contributed by atoms with Crippen molar-refractivity contribution in [3.63, 3.8) is 0 Å². The van der Waals surface area contributed by atoms with Crippen molar-refractivity contribution < 1.29 is 4.79 Å². The molecule has 3 aromatic rings. The van der Waals surface area contributed by atoms with Gasteiger partial charge in [0.05, 0.1) is 23.6 Å². The van der Waals surface area contributed by atoms with Gasteiger partial charge in [0.2, 0.25) is 0 Å². The number of nitrogens with zero attached hydrogens (tertiary/aromatic N) is 5. The molecule has 7 nitrogen and oxygen atoms in total. The lowest BCUT2D eigenvalue weighted by Gasteiger charge is -2.12. The molecule has 130 valence electrons. The quantitative estimate of drug-likeness (QED) is 0.783. The van der Waals surface area contributed by atoms with Crippen molar-refractivity contribution in [1.29, 1.82) is 0 Å². The Morgan fingerprint density at radius 2 is 2.19 bits per heavy atom. The van der Waals surface area contributed by atoms with Gasteiger partial charge in [-0.1, -0.05) is 6.07 Å². The molecular formula is C19H18N6O. The van der Waals surface area contributed by atoms with Crippen LogP contribution in [0.3, 0.4) is 0 Å². The normalized spacial score (nSPS) is 21.0. The zero-order valence-corrected chi connectivity index (χ0v) is 14.3. The van der Waals surface area contributed by atoms with E-state index in [-0.39, 0.29) is 11.9 Å². The summed E-state index contributed by atoms with van der Waals surface area (Å²) in [5.74, 6) is 1.64. The van der Waals surface area contributed by atoms with E-state index in [1.807, 2.05) is 25.1 Å². The lowest BCUT2D eigenvalue weighted by Crippen LogP contribution is -2.28. The van der Waals surface area contributed by atoms with E-state index in [4.69, 9.17) is 0 Å². The standard InChI is InChI=1S/C19H18N6O/c1-11(15-4-2-3-5-21-15)23-19(26)17-14-9-12-8-13(12)18(14)25(24-17)16-10-20-6-7-22-16/h2-7,10-13H,8-9H2,1H3,(H,23,26)/t11-,12+,13+/m0/s1. The van der Waals surface area contributed by atoms with Gasteiger partial charge in [0.25, 0.3) is 5.91 Å². The number of fused-ring (bicyclic) bond motifs is 3. The van der Waals surface area contributed by atoms with Crippen LogP contribution >= 0.6 is 0 Å². The monoisotopic (exact) mass is 346 g/mol. The molecule has 1 fully saturated rings. The van der Waals surface area contributed by atoms with Crippen molar-refractivity contribution in [2.24, 2.45) is 5.92 Å². The maximum absolute atomic E-state index is 12.9. The maximum Gasteiger partial charge on any atom is 0.272 e. The molecule has 3 aromatic heterocycles. The van der Waals surface area contributed by atoms with Crippen LogP contribution in [0.1, 0.15) is 52.7 Å². The fraction of sp³-hybridized carbons (Fsp3) is 0.316. The number of rotatable bonds is 4. The topological polar surface area (TPSA) is 85.6 Å². The molecule has 7 heteroatoms. The minimum Gasteiger partial charge on any atom is -0.343 e. The van der Waals surface area contributed by atoms with Gasteiger partial charge < -0.3 is 5.32 Å². The number of amides is 1. The minimum absolute atomic E-state index is 0.164. The highest BCUT2D eigenvalue weighted by Gasteiger charge is 2.50. The van der Waals surface area contributed by atoms with Crippen molar-refractivity contribution in [2.45, 2.75) is 31.7 Å². The molecule has 1 N–H and O–H groups in total. The molecule has 0 aromatic carbocycles. The SMILES string of the molecule is C[C@H](NC(=O)c1nn(-c2cnccn2)c2c1C[C@H]1C[C@@H]21)c1ccccn1. The molecule has 3 atom stereocenters. The molecule has 3 heterocycles. The Bertz CT molecular complexity index is 968. The largest absolute Gasteiger partial charge is 0.343 e. The first-order chi connectivity index (χ1) is 12.7. The summed E-state index contributed by atoms with van der Waals surface area (Å²) in [5, 5.41) is 7.63. The highest BCUT2D eigenvalue weighted by molar-refractivity contribution is 5.94. The third-order valence-corrected chi connectivity index (χ3v) is 5.22. The molecule has 1 saturated carbocycles. The van der Waals surface area contributed by atoms with Crippen LogP contribution in [0, 0.1) is 5.92 Å². The van der Waals surface area contributed by atoms with E-state index in [0.29, 0.717) is 23.3 Å². The van der Waals surface area contributed by atoms with Crippen LogP contribution in [0.25, 0.3) is 5.82 Å². The molecule has 0 unspecified atom stereocenters. The zero-order chi connectivity index (χ0) is 17.7. The Labute approximate surface area is 150 Å². The van der Waals surface area contributed by atoms with E-state index in [0.717, 1.165) is 23.4 Å². The van der Waals surface area contributed by atoms with E-state index in [1.165, 1.54) is 6.42 Å². The van der Waals surface area contributed by atoms with Crippen LogP contribution in [0.2, 0.25) is 0 Å². The Balaban J connectivity index is 1.48. The number of carbonyl (C=O) groups excluding carboxylic acids is 1. The fourth-order valence-electron chi connectivity index (χ4n) is 3.84. The lowest BCUT2D eigenvalue weighted by atomic mass is 10.1. The molecule has 2 aliphatic carbocycles. The van der Waals surface area contributed by atoms with E-state index in [2.05, 4.69) is 25.4 Å². The number of hydrogen-bond donors (Lipinski definition) is 1. The van der Waals surface area contributed by atoms with Crippen LogP contribution in [-0.4, -0.2) is 30.6 Å². The molecular weight excluding hydrogens is 328 g/mol. The smallest absolute Gasteiger partial charge is 0.272 e. The summed E-state index contributed by atoms with van der Waals surface area (Å²) in [6.07, 6.45) is 8.78. The Hall–Kier alpha value is -3.09. The van der Waals surface area contributed by atoms with Gasteiger partial charge in [-0.3, -0.25) is 14.8 Å². The molecule has 1 amide bonds. The fourth-order valence-corrected chi connectivity index (χ4v) is 3.84. The summed E-state index contributed by atoms with van der Waals surface area (Å²) in [4.78, 5) is 25.7. The van der Waals surface area contributed by atoms with E-state index in [1.54, 1.807) is 29.5 Å². The summed E-state index contributed by atoms with van der Waals surface area (Å²) in [5.41, 5.74) is 3.52. The van der Waals surface area contributed by atoms with Gasteiger partial charge in [0.1, 0.15) is 0 Å². The number of nitrogens with one attached hydrogen (secondary N) is 1. The molecule has 0 spiro atoms. The zero-order valence-electron chi connectivity index (χ0n) is 14.3. The van der Waals surface area contributed by atoms with E-state index in [9.17, 15) is 4.79 Å². The van der Waals surface area contributed by atoms with Gasteiger partial charge in [-0.25, -0.2) is 9.67 Å². The number of pyridine rings is 1. The van der Waals surface area contributed by atoms with Crippen LogP contribution in [0.4, 0.5) is 0 Å². The predicted octanol–water partition coefficient (Wildman–Crippen LogP) is 2.21. The third-order valence-electron chi connectivity index (χ3n) is 5.22. The summed E-state index contributed by atoms with van der Waals surface area (Å²) in [7, 11) is 0. The Morgan fingerprint density at radius 3 is 2.96 bits per heavy atom. The summed E-state index contributed by atoms with van der Waals surface area (Å²) in [6, 6.07) is 5.50. The van der Waals surface area contributed by atoms with Gasteiger partial charge in [0.15, 0.2) is 11.5 Å². The average Bonchev–Trinajstić information content (AvgIpc) is 3.18. The molecule has 0 radical (unpaired) electrons. The van der Waals surface area contributed by atoms with Crippen molar-refractivity contribution >= 4 is 5.91 Å². The van der Waals surface area contributed by atoms with Crippen LogP contribution < -0.4 is 5.32 Å². The first-order valence-electron chi connectivity index (χ1n) is 8.82. The second-order valence-electron chi connectivity index (χ2n) is 6.94. The molecule has 0 bridgehead atoms. The van der Waals surface area contributed by atoms with Gasteiger partial charge >= 0.3 is 0 Å². The van der Waals surface area contributed by atoms with Crippen LogP contribution in [0.15, 0.2) is 43.0 Å².